The van der Waals surface area contributed by atoms with Crippen LogP contribution in [0.4, 0.5) is 0 Å². The van der Waals surface area contributed by atoms with Crippen LogP contribution in [-0.2, 0) is 14.3 Å². The molecule has 3 N–H and O–H groups in total. The fourth-order valence-electron chi connectivity index (χ4n) is 7.91. The van der Waals surface area contributed by atoms with Gasteiger partial charge in [0.25, 0.3) is 0 Å². The Labute approximate surface area is 215 Å². The highest BCUT2D eigenvalue weighted by atomic mass is 32.2. The summed E-state index contributed by atoms with van der Waals surface area (Å²) in [5.41, 5.74) is -1.29. The van der Waals surface area contributed by atoms with E-state index >= 15 is 0 Å². The van der Waals surface area contributed by atoms with E-state index in [1.54, 1.807) is 0 Å². The molecule has 6 nitrogen and oxygen atoms in total. The van der Waals surface area contributed by atoms with E-state index in [9.17, 15) is 19.8 Å². The highest BCUT2D eigenvalue weighted by Crippen LogP contribution is 2.66. The maximum atomic E-state index is 13.3. The van der Waals surface area contributed by atoms with Gasteiger partial charge in [-0.15, -0.1) is 18.3 Å². The standard InChI is InChI=1S/C28H45NO5S/c1-6-26(3)15-23(34-24(33)16-35-21-8-7-18(29-5)13-20(21)31)27(4)17(2)9-11-28(14-22(26)32)12-10-19(30)25(27)28/h6,17-18,20-23,25,29,31-32H,1,7-16H2,2-5H3. The normalized spacial score (nSPS) is 47.9. The minimum absolute atomic E-state index is 0.0259. The fourth-order valence-corrected chi connectivity index (χ4v) is 8.96. The van der Waals surface area contributed by atoms with Crippen LogP contribution in [0, 0.1) is 28.1 Å². The van der Waals surface area contributed by atoms with Gasteiger partial charge < -0.3 is 20.3 Å². The predicted molar refractivity (Wildman–Crippen MR) is 139 cm³/mol. The molecule has 4 aliphatic rings. The number of ketones is 1. The lowest BCUT2D eigenvalue weighted by Gasteiger charge is -2.59. The summed E-state index contributed by atoms with van der Waals surface area (Å²) < 4.78 is 6.29. The lowest BCUT2D eigenvalue weighted by atomic mass is 9.46. The summed E-state index contributed by atoms with van der Waals surface area (Å²) in [6, 6.07) is 0.323. The number of carbonyl (C=O) groups is 2. The van der Waals surface area contributed by atoms with Crippen molar-refractivity contribution < 1.29 is 24.5 Å². The lowest BCUT2D eigenvalue weighted by Crippen LogP contribution is -2.60. The largest absolute Gasteiger partial charge is 0.461 e. The molecule has 0 radical (unpaired) electrons. The lowest BCUT2D eigenvalue weighted by molar-refractivity contribution is -0.193. The smallest absolute Gasteiger partial charge is 0.316 e. The Morgan fingerprint density at radius 1 is 1.23 bits per heavy atom. The van der Waals surface area contributed by atoms with Crippen LogP contribution >= 0.6 is 11.8 Å². The number of thioether (sulfide) groups is 1. The molecule has 35 heavy (non-hydrogen) atoms. The highest BCUT2D eigenvalue weighted by Gasteiger charge is 2.66. The zero-order valence-electron chi connectivity index (χ0n) is 21.9. The molecule has 4 rings (SSSR count). The Kier molecular flexibility index (Phi) is 7.84. The average molecular weight is 508 g/mol. The van der Waals surface area contributed by atoms with Crippen LogP contribution in [0.25, 0.3) is 0 Å². The molecule has 198 valence electrons. The molecule has 4 aliphatic carbocycles. The van der Waals surface area contributed by atoms with Gasteiger partial charge in [0.15, 0.2) is 0 Å². The summed E-state index contributed by atoms with van der Waals surface area (Å²) in [6.45, 7) is 10.4. The number of hydrogen-bond acceptors (Lipinski definition) is 7. The van der Waals surface area contributed by atoms with Crippen molar-refractivity contribution in [3.8, 4) is 0 Å². The van der Waals surface area contributed by atoms with Crippen molar-refractivity contribution in [1.82, 2.24) is 5.32 Å². The van der Waals surface area contributed by atoms with E-state index in [0.717, 1.165) is 32.1 Å². The molecule has 7 heteroatoms. The monoisotopic (exact) mass is 507 g/mol. The summed E-state index contributed by atoms with van der Waals surface area (Å²) in [4.78, 5) is 26.6. The van der Waals surface area contributed by atoms with Gasteiger partial charge in [0.1, 0.15) is 11.9 Å². The number of hydrogen-bond donors (Lipinski definition) is 3. The molecule has 0 amide bonds. The summed E-state index contributed by atoms with van der Waals surface area (Å²) in [5.74, 6) is 0.208. The van der Waals surface area contributed by atoms with E-state index in [0.29, 0.717) is 31.7 Å². The SMILES string of the molecule is C=CC1(C)CC(OC(=O)CSC2CCC(NC)CC2O)C2(C)C(C)CCC3(CCC(=O)C32)CC1O. The summed E-state index contributed by atoms with van der Waals surface area (Å²) in [6.07, 6.45) is 7.18. The van der Waals surface area contributed by atoms with Crippen molar-refractivity contribution in [3.63, 3.8) is 0 Å². The number of carbonyl (C=O) groups excluding carboxylic acids is 2. The number of ether oxygens (including phenoxy) is 1. The van der Waals surface area contributed by atoms with Crippen molar-refractivity contribution in [3.05, 3.63) is 12.7 Å². The average Bonchev–Trinajstić information content (AvgIpc) is 3.16. The third-order valence-electron chi connectivity index (χ3n) is 10.6. The van der Waals surface area contributed by atoms with Crippen molar-refractivity contribution in [2.75, 3.05) is 12.8 Å². The minimum atomic E-state index is -0.626. The highest BCUT2D eigenvalue weighted by molar-refractivity contribution is 8.00. The van der Waals surface area contributed by atoms with Crippen molar-refractivity contribution in [2.24, 2.45) is 28.1 Å². The van der Waals surface area contributed by atoms with E-state index in [2.05, 4.69) is 25.7 Å². The molecule has 0 saturated heterocycles. The molecule has 0 spiro atoms. The minimum Gasteiger partial charge on any atom is -0.461 e. The topological polar surface area (TPSA) is 95.9 Å². The first-order chi connectivity index (χ1) is 16.5. The molecule has 2 bridgehead atoms. The molecule has 4 saturated carbocycles. The Morgan fingerprint density at radius 2 is 1.97 bits per heavy atom. The van der Waals surface area contributed by atoms with Crippen molar-refractivity contribution >= 4 is 23.5 Å². The number of nitrogens with one attached hydrogen (secondary N) is 1. The van der Waals surface area contributed by atoms with Gasteiger partial charge in [-0.1, -0.05) is 26.8 Å². The van der Waals surface area contributed by atoms with Gasteiger partial charge in [-0.25, -0.2) is 0 Å². The summed E-state index contributed by atoms with van der Waals surface area (Å²) in [5, 5.41) is 25.2. The van der Waals surface area contributed by atoms with Gasteiger partial charge in [0.05, 0.1) is 18.0 Å². The molecular weight excluding hydrogens is 462 g/mol. The van der Waals surface area contributed by atoms with Crippen LogP contribution in [0.15, 0.2) is 12.7 Å². The molecule has 4 fully saturated rings. The number of aliphatic hydroxyl groups is 2. The maximum absolute atomic E-state index is 13.3. The van der Waals surface area contributed by atoms with Crippen LogP contribution in [0.1, 0.15) is 78.6 Å². The second kappa shape index (κ2) is 10.1. The second-order valence-electron chi connectivity index (χ2n) is 12.4. The van der Waals surface area contributed by atoms with Gasteiger partial charge in [0, 0.05) is 34.5 Å². The molecule has 0 aromatic heterocycles. The van der Waals surface area contributed by atoms with Crippen LogP contribution in [0.2, 0.25) is 0 Å². The van der Waals surface area contributed by atoms with Gasteiger partial charge in [-0.05, 0) is 69.7 Å². The van der Waals surface area contributed by atoms with Gasteiger partial charge in [0.2, 0.25) is 0 Å². The van der Waals surface area contributed by atoms with Crippen molar-refractivity contribution in [1.29, 1.82) is 0 Å². The second-order valence-corrected chi connectivity index (χ2v) is 13.6. The number of Topliss-reactive ketones (excluding diaryl/α,β-unsaturated/α-hetero) is 1. The van der Waals surface area contributed by atoms with Gasteiger partial charge in [-0.2, -0.15) is 0 Å². The molecule has 0 aliphatic heterocycles. The fraction of sp³-hybridized carbons (Fsp3) is 0.857. The third kappa shape index (κ3) is 4.75. The molecule has 10 unspecified atom stereocenters. The predicted octanol–water partition coefficient (Wildman–Crippen LogP) is 3.88. The Hall–Kier alpha value is -0.890. The first-order valence-electron chi connectivity index (χ1n) is 13.5. The van der Waals surface area contributed by atoms with E-state index in [1.165, 1.54) is 11.8 Å². The van der Waals surface area contributed by atoms with E-state index in [1.807, 2.05) is 20.0 Å². The Morgan fingerprint density at radius 3 is 2.63 bits per heavy atom. The molecular formula is C28H45NO5S. The third-order valence-corrected chi connectivity index (χ3v) is 11.9. The zero-order chi connectivity index (χ0) is 25.6. The van der Waals surface area contributed by atoms with Gasteiger partial charge in [-0.3, -0.25) is 9.59 Å². The molecule has 10 atom stereocenters. The van der Waals surface area contributed by atoms with Crippen molar-refractivity contribution in [2.45, 2.75) is 108 Å². The van der Waals surface area contributed by atoms with Gasteiger partial charge >= 0.3 is 5.97 Å². The molecule has 0 heterocycles. The van der Waals surface area contributed by atoms with Crippen LogP contribution < -0.4 is 5.32 Å². The van der Waals surface area contributed by atoms with Crippen LogP contribution in [-0.4, -0.2) is 64.4 Å². The number of esters is 1. The van der Waals surface area contributed by atoms with E-state index in [4.69, 9.17) is 4.74 Å². The summed E-state index contributed by atoms with van der Waals surface area (Å²) >= 11 is 1.48. The first kappa shape index (κ1) is 27.2. The number of aliphatic hydroxyl groups excluding tert-OH is 2. The zero-order valence-corrected chi connectivity index (χ0v) is 22.7. The van der Waals surface area contributed by atoms with Crippen LogP contribution in [0.5, 0.6) is 0 Å². The molecule has 0 aromatic rings. The van der Waals surface area contributed by atoms with E-state index in [-0.39, 0.29) is 40.0 Å². The van der Waals surface area contributed by atoms with Crippen LogP contribution in [0.3, 0.4) is 0 Å². The number of rotatable bonds is 6. The molecule has 0 aromatic carbocycles. The summed E-state index contributed by atoms with van der Waals surface area (Å²) in [7, 11) is 1.92. The first-order valence-corrected chi connectivity index (χ1v) is 14.5. The maximum Gasteiger partial charge on any atom is 0.316 e. The Bertz CT molecular complexity index is 836. The Balaban J connectivity index is 1.56. The van der Waals surface area contributed by atoms with E-state index < -0.39 is 29.1 Å². The quantitative estimate of drug-likeness (QED) is 0.371.